The van der Waals surface area contributed by atoms with E-state index < -0.39 is 5.41 Å². The van der Waals surface area contributed by atoms with Crippen molar-refractivity contribution in [1.82, 2.24) is 0 Å². The van der Waals surface area contributed by atoms with Crippen molar-refractivity contribution in [2.45, 2.75) is 47.5 Å². The van der Waals surface area contributed by atoms with Crippen LogP contribution in [-0.2, 0) is 9.53 Å². The van der Waals surface area contributed by atoms with Gasteiger partial charge in [0.25, 0.3) is 0 Å². The second-order valence-corrected chi connectivity index (χ2v) is 8.69. The molecule has 0 aromatic heterocycles. The second kappa shape index (κ2) is 9.79. The second-order valence-electron chi connectivity index (χ2n) is 8.69. The van der Waals surface area contributed by atoms with Gasteiger partial charge in [0.2, 0.25) is 0 Å². The molecular weight excluding hydrogens is 380 g/mol. The molecule has 30 heavy (non-hydrogen) atoms. The molecule has 162 valence electrons. The van der Waals surface area contributed by atoms with E-state index in [-0.39, 0.29) is 41.7 Å². The molecule has 0 fully saturated rings. The lowest BCUT2D eigenvalue weighted by Crippen LogP contribution is -2.42. The number of carbonyl (C=O) groups is 2. The number of carbonyl (C=O) groups excluding carboxylic acids is 2. The van der Waals surface area contributed by atoms with Crippen LogP contribution in [0.4, 0.5) is 0 Å². The van der Waals surface area contributed by atoms with Crippen molar-refractivity contribution in [2.75, 3.05) is 13.2 Å². The maximum absolute atomic E-state index is 12.7. The molecule has 1 N–H and O–H groups in total. The molecule has 0 heterocycles. The summed E-state index contributed by atoms with van der Waals surface area (Å²) in [5.74, 6) is -0.236. The quantitative estimate of drug-likeness (QED) is 0.339. The number of rotatable bonds is 9. The smallest absolute Gasteiger partial charge is 0.312 e. The fourth-order valence-electron chi connectivity index (χ4n) is 3.27. The minimum Gasteiger partial charge on any atom is -0.507 e. The van der Waals surface area contributed by atoms with Crippen molar-refractivity contribution in [2.24, 2.45) is 10.8 Å². The van der Waals surface area contributed by atoms with E-state index >= 15 is 0 Å². The average Bonchev–Trinajstić information content (AvgIpc) is 2.70. The zero-order chi connectivity index (χ0) is 22.4. The van der Waals surface area contributed by atoms with Crippen molar-refractivity contribution in [3.63, 3.8) is 0 Å². The highest BCUT2D eigenvalue weighted by atomic mass is 16.6. The predicted molar refractivity (Wildman–Crippen MR) is 117 cm³/mol. The standard InChI is InChI=1S/C25H32O5/c1-6-14-25(5,24(2,3)4)23(28)30-16-15-29-19-12-13-20(21(26)17-19)22(27)18-10-8-7-9-11-18/h7-13,17,26H,6,14-16H2,1-5H3. The van der Waals surface area contributed by atoms with Crippen molar-refractivity contribution in [3.05, 3.63) is 59.7 Å². The first kappa shape index (κ1) is 23.5. The highest BCUT2D eigenvalue weighted by Gasteiger charge is 2.44. The molecule has 2 rings (SSSR count). The Kier molecular flexibility index (Phi) is 7.65. The van der Waals surface area contributed by atoms with Gasteiger partial charge in [0.15, 0.2) is 5.78 Å². The first-order valence-corrected chi connectivity index (χ1v) is 10.3. The minimum absolute atomic E-state index is 0.111. The van der Waals surface area contributed by atoms with Gasteiger partial charge >= 0.3 is 5.97 Å². The number of benzene rings is 2. The molecule has 0 aliphatic carbocycles. The largest absolute Gasteiger partial charge is 0.507 e. The lowest BCUT2D eigenvalue weighted by molar-refractivity contribution is -0.163. The zero-order valence-corrected chi connectivity index (χ0v) is 18.5. The summed E-state index contributed by atoms with van der Waals surface area (Å²) in [6.45, 7) is 10.4. The normalized spacial score (nSPS) is 13.4. The Balaban J connectivity index is 1.93. The van der Waals surface area contributed by atoms with Crippen LogP contribution in [0.25, 0.3) is 0 Å². The molecule has 0 aliphatic heterocycles. The Morgan fingerprint density at radius 1 is 0.967 bits per heavy atom. The van der Waals surface area contributed by atoms with E-state index in [9.17, 15) is 14.7 Å². The molecule has 2 aromatic rings. The SMILES string of the molecule is CCCC(C)(C(=O)OCCOc1ccc(C(=O)c2ccccc2)c(O)c1)C(C)(C)C. The number of esters is 1. The van der Waals surface area contributed by atoms with E-state index in [1.54, 1.807) is 30.3 Å². The zero-order valence-electron chi connectivity index (χ0n) is 18.5. The third-order valence-corrected chi connectivity index (χ3v) is 5.69. The van der Waals surface area contributed by atoms with Crippen LogP contribution < -0.4 is 4.74 Å². The highest BCUT2D eigenvalue weighted by Crippen LogP contribution is 2.43. The van der Waals surface area contributed by atoms with E-state index in [0.717, 1.165) is 12.8 Å². The summed E-state index contributed by atoms with van der Waals surface area (Å²) in [7, 11) is 0. The van der Waals surface area contributed by atoms with E-state index in [4.69, 9.17) is 9.47 Å². The van der Waals surface area contributed by atoms with Gasteiger partial charge in [0.1, 0.15) is 24.7 Å². The van der Waals surface area contributed by atoms with Gasteiger partial charge in [-0.2, -0.15) is 0 Å². The van der Waals surface area contributed by atoms with Crippen LogP contribution in [0.2, 0.25) is 0 Å². The molecule has 1 unspecified atom stereocenters. The van der Waals surface area contributed by atoms with Gasteiger partial charge in [0.05, 0.1) is 11.0 Å². The Labute approximate surface area is 179 Å². The summed E-state index contributed by atoms with van der Waals surface area (Å²) in [5, 5.41) is 10.2. The Morgan fingerprint density at radius 3 is 2.20 bits per heavy atom. The maximum Gasteiger partial charge on any atom is 0.312 e. The molecule has 0 spiro atoms. The number of phenols is 1. The predicted octanol–water partition coefficient (Wildman–Crippen LogP) is 5.40. The Morgan fingerprint density at radius 2 is 1.63 bits per heavy atom. The number of hydrogen-bond acceptors (Lipinski definition) is 5. The molecule has 5 nitrogen and oxygen atoms in total. The van der Waals surface area contributed by atoms with Crippen LogP contribution in [0.1, 0.15) is 63.4 Å². The van der Waals surface area contributed by atoms with Crippen molar-refractivity contribution < 1.29 is 24.2 Å². The summed E-state index contributed by atoms with van der Waals surface area (Å²) in [6.07, 6.45) is 1.65. The summed E-state index contributed by atoms with van der Waals surface area (Å²) < 4.78 is 11.1. The molecule has 0 bridgehead atoms. The molecule has 1 atom stereocenters. The fraction of sp³-hybridized carbons (Fsp3) is 0.440. The molecule has 2 aromatic carbocycles. The number of ether oxygens (including phenoxy) is 2. The summed E-state index contributed by atoms with van der Waals surface area (Å²) in [4.78, 5) is 25.1. The van der Waals surface area contributed by atoms with Gasteiger partial charge in [-0.3, -0.25) is 9.59 Å². The number of hydrogen-bond donors (Lipinski definition) is 1. The van der Waals surface area contributed by atoms with Crippen LogP contribution in [0.3, 0.4) is 0 Å². The van der Waals surface area contributed by atoms with Crippen molar-refractivity contribution >= 4 is 11.8 Å². The van der Waals surface area contributed by atoms with E-state index in [1.807, 2.05) is 33.8 Å². The van der Waals surface area contributed by atoms with E-state index in [1.165, 1.54) is 12.1 Å². The summed E-state index contributed by atoms with van der Waals surface area (Å²) >= 11 is 0. The van der Waals surface area contributed by atoms with Crippen molar-refractivity contribution in [1.29, 1.82) is 0 Å². The molecule has 0 saturated heterocycles. The Hall–Kier alpha value is -2.82. The minimum atomic E-state index is -0.570. The van der Waals surface area contributed by atoms with Crippen LogP contribution in [-0.4, -0.2) is 30.1 Å². The first-order chi connectivity index (χ1) is 14.1. The number of phenolic OH excluding ortho intramolecular Hbond substituents is 1. The fourth-order valence-corrected chi connectivity index (χ4v) is 3.27. The third-order valence-electron chi connectivity index (χ3n) is 5.69. The highest BCUT2D eigenvalue weighted by molar-refractivity contribution is 6.10. The topological polar surface area (TPSA) is 72.8 Å². The monoisotopic (exact) mass is 412 g/mol. The van der Waals surface area contributed by atoms with Crippen LogP contribution in [0, 0.1) is 10.8 Å². The summed E-state index contributed by atoms with van der Waals surface area (Å²) in [5.41, 5.74) is -0.0734. The maximum atomic E-state index is 12.7. The number of ketones is 1. The van der Waals surface area contributed by atoms with Gasteiger partial charge in [-0.15, -0.1) is 0 Å². The van der Waals surface area contributed by atoms with Gasteiger partial charge < -0.3 is 14.6 Å². The lowest BCUT2D eigenvalue weighted by Gasteiger charge is -2.39. The van der Waals surface area contributed by atoms with Crippen LogP contribution in [0.15, 0.2) is 48.5 Å². The Bertz CT molecular complexity index is 867. The number of aromatic hydroxyl groups is 1. The summed E-state index contributed by atoms with van der Waals surface area (Å²) in [6, 6.07) is 13.3. The van der Waals surface area contributed by atoms with E-state index in [2.05, 4.69) is 6.92 Å². The first-order valence-electron chi connectivity index (χ1n) is 10.3. The average molecular weight is 413 g/mol. The molecular formula is C25H32O5. The molecule has 0 saturated carbocycles. The van der Waals surface area contributed by atoms with Crippen molar-refractivity contribution in [3.8, 4) is 11.5 Å². The molecule has 0 amide bonds. The molecule has 0 radical (unpaired) electrons. The lowest BCUT2D eigenvalue weighted by atomic mass is 9.65. The molecule has 5 heteroatoms. The van der Waals surface area contributed by atoms with Gasteiger partial charge in [-0.05, 0) is 30.9 Å². The van der Waals surface area contributed by atoms with E-state index in [0.29, 0.717) is 11.3 Å². The van der Waals surface area contributed by atoms with Gasteiger partial charge in [-0.25, -0.2) is 0 Å². The van der Waals surface area contributed by atoms with Crippen LogP contribution >= 0.6 is 0 Å². The third kappa shape index (κ3) is 5.41. The van der Waals surface area contributed by atoms with Gasteiger partial charge in [-0.1, -0.05) is 64.4 Å². The van der Waals surface area contributed by atoms with Gasteiger partial charge in [0, 0.05) is 11.6 Å². The molecule has 0 aliphatic rings. The van der Waals surface area contributed by atoms with Crippen LogP contribution in [0.5, 0.6) is 11.5 Å².